The van der Waals surface area contributed by atoms with Gasteiger partial charge in [-0.1, -0.05) is 12.5 Å². The number of anilines is 1. The molecule has 5 rings (SSSR count). The molecule has 0 aliphatic carbocycles. The number of benzene rings is 1. The number of sulfonamides is 1. The molecule has 9 heteroatoms. The van der Waals surface area contributed by atoms with Crippen molar-refractivity contribution in [2.24, 2.45) is 0 Å². The summed E-state index contributed by atoms with van der Waals surface area (Å²) in [7, 11) is -3.50. The van der Waals surface area contributed by atoms with Gasteiger partial charge in [0, 0.05) is 38.4 Å². The average molecular weight is 443 g/mol. The smallest absolute Gasteiger partial charge is 0.279 e. The van der Waals surface area contributed by atoms with E-state index in [1.54, 1.807) is 22.5 Å². The maximum Gasteiger partial charge on any atom is 0.279 e. The monoisotopic (exact) mass is 442 g/mol. The standard InChI is InChI=1S/C20H30N4O3S.ClH/c1-17-5-6-18(28(26,27)23-7-3-2-4-8-23)15-19(17)21-20(25)16-24-12-9-22(10-13-24)11-14-24;/h5-6,15H,2-4,7-14,16H2,1H3;1H. The molecule has 0 atom stereocenters. The first-order chi connectivity index (χ1) is 13.4. The first kappa shape index (κ1) is 22.5. The highest BCUT2D eigenvalue weighted by atomic mass is 35.5. The number of quaternary nitrogens is 1. The van der Waals surface area contributed by atoms with Crippen LogP contribution in [0, 0.1) is 6.92 Å². The van der Waals surface area contributed by atoms with Gasteiger partial charge in [0.25, 0.3) is 5.91 Å². The fourth-order valence-electron chi connectivity index (χ4n) is 4.61. The van der Waals surface area contributed by atoms with Gasteiger partial charge in [-0.15, -0.1) is 0 Å². The summed E-state index contributed by atoms with van der Waals surface area (Å²) in [4.78, 5) is 15.5. The molecule has 0 aromatic heterocycles. The number of aryl methyl sites for hydroxylation is 1. The van der Waals surface area contributed by atoms with Crippen LogP contribution in [0.5, 0.6) is 0 Å². The Morgan fingerprint density at radius 3 is 2.28 bits per heavy atom. The summed E-state index contributed by atoms with van der Waals surface area (Å²) in [5, 5.41) is 3.00. The molecule has 4 fully saturated rings. The molecule has 0 radical (unpaired) electrons. The normalized spacial score (nSPS) is 27.3. The van der Waals surface area contributed by atoms with Gasteiger partial charge in [0.15, 0.2) is 6.54 Å². The SMILES string of the molecule is Cc1ccc(S(=O)(=O)N2CCCCC2)cc1NC(=O)C[N+]12CCN(CC1)CC2.[Cl-]. The number of piperazine rings is 3. The number of hydrogen-bond donors (Lipinski definition) is 1. The molecular weight excluding hydrogens is 412 g/mol. The van der Waals surface area contributed by atoms with Gasteiger partial charge >= 0.3 is 0 Å². The van der Waals surface area contributed by atoms with Gasteiger partial charge in [-0.05, 0) is 37.5 Å². The molecule has 0 unspecified atom stereocenters. The molecule has 29 heavy (non-hydrogen) atoms. The minimum Gasteiger partial charge on any atom is -1.00 e. The third-order valence-corrected chi connectivity index (χ3v) is 8.48. The van der Waals surface area contributed by atoms with Crippen molar-refractivity contribution in [3.8, 4) is 0 Å². The van der Waals surface area contributed by atoms with E-state index in [4.69, 9.17) is 0 Å². The van der Waals surface area contributed by atoms with Crippen LogP contribution in [0.15, 0.2) is 23.1 Å². The maximum atomic E-state index is 13.0. The van der Waals surface area contributed by atoms with Crippen molar-refractivity contribution in [2.75, 3.05) is 64.2 Å². The number of nitrogens with zero attached hydrogens (tertiary/aromatic N) is 3. The minimum atomic E-state index is -3.50. The average Bonchev–Trinajstić information content (AvgIpc) is 2.71. The number of hydrogen-bond acceptors (Lipinski definition) is 4. The summed E-state index contributed by atoms with van der Waals surface area (Å²) in [6.45, 7) is 9.79. The molecule has 1 amide bonds. The first-order valence-corrected chi connectivity index (χ1v) is 11.8. The highest BCUT2D eigenvalue weighted by Gasteiger charge is 2.39. The van der Waals surface area contributed by atoms with E-state index in [0.717, 1.165) is 68.6 Å². The number of fused-ring (bicyclic) bond motifs is 3. The van der Waals surface area contributed by atoms with E-state index in [9.17, 15) is 13.2 Å². The van der Waals surface area contributed by atoms with Crippen molar-refractivity contribution in [1.29, 1.82) is 0 Å². The number of carbonyl (C=O) groups excluding carboxylic acids is 1. The lowest BCUT2D eigenvalue weighted by Gasteiger charge is -2.50. The maximum absolute atomic E-state index is 13.0. The first-order valence-electron chi connectivity index (χ1n) is 10.4. The van der Waals surface area contributed by atoms with Crippen LogP contribution in [0.25, 0.3) is 0 Å². The zero-order chi connectivity index (χ0) is 19.8. The molecule has 4 saturated heterocycles. The van der Waals surface area contributed by atoms with Crippen LogP contribution in [0.4, 0.5) is 5.69 Å². The number of nitrogens with one attached hydrogen (secondary N) is 1. The Bertz CT molecular complexity index is 834. The number of halogens is 1. The van der Waals surface area contributed by atoms with Crippen molar-refractivity contribution < 1.29 is 30.1 Å². The van der Waals surface area contributed by atoms with E-state index in [1.165, 1.54) is 0 Å². The van der Waals surface area contributed by atoms with Crippen molar-refractivity contribution in [1.82, 2.24) is 9.21 Å². The van der Waals surface area contributed by atoms with Crippen molar-refractivity contribution >= 4 is 21.6 Å². The predicted octanol–water partition coefficient (Wildman–Crippen LogP) is -1.74. The van der Waals surface area contributed by atoms with E-state index >= 15 is 0 Å². The topological polar surface area (TPSA) is 69.7 Å². The van der Waals surface area contributed by atoms with Crippen molar-refractivity contribution in [3.63, 3.8) is 0 Å². The van der Waals surface area contributed by atoms with E-state index in [-0.39, 0.29) is 23.2 Å². The molecule has 0 saturated carbocycles. The summed E-state index contributed by atoms with van der Waals surface area (Å²) >= 11 is 0. The lowest BCUT2D eigenvalue weighted by Crippen LogP contribution is -3.00. The Labute approximate surface area is 180 Å². The van der Waals surface area contributed by atoms with Crippen LogP contribution in [-0.2, 0) is 14.8 Å². The number of amides is 1. The summed E-state index contributed by atoms with van der Waals surface area (Å²) in [6, 6.07) is 5.07. The molecule has 4 heterocycles. The summed E-state index contributed by atoms with van der Waals surface area (Å²) in [5.74, 6) is -0.0222. The van der Waals surface area contributed by atoms with Gasteiger partial charge < -0.3 is 22.2 Å². The lowest BCUT2D eigenvalue weighted by molar-refractivity contribution is -0.933. The van der Waals surface area contributed by atoms with Gasteiger partial charge in [-0.3, -0.25) is 9.69 Å². The molecular formula is C20H31ClN4O3S. The molecule has 1 aromatic carbocycles. The molecule has 7 nitrogen and oxygen atoms in total. The molecule has 162 valence electrons. The van der Waals surface area contributed by atoms with Gasteiger partial charge in [0.1, 0.15) is 0 Å². The van der Waals surface area contributed by atoms with Crippen LogP contribution in [0.2, 0.25) is 0 Å². The molecule has 1 N–H and O–H groups in total. The Balaban J connectivity index is 0.00000240. The number of carbonyl (C=O) groups is 1. The van der Waals surface area contributed by atoms with Crippen LogP contribution < -0.4 is 17.7 Å². The fraction of sp³-hybridized carbons (Fsp3) is 0.650. The second-order valence-electron chi connectivity index (χ2n) is 8.50. The second kappa shape index (κ2) is 8.89. The zero-order valence-corrected chi connectivity index (χ0v) is 18.6. The van der Waals surface area contributed by atoms with Crippen molar-refractivity contribution in [2.45, 2.75) is 31.1 Å². The molecule has 4 aliphatic rings. The van der Waals surface area contributed by atoms with Gasteiger partial charge in [-0.2, -0.15) is 4.31 Å². The minimum absolute atomic E-state index is 0. The van der Waals surface area contributed by atoms with E-state index in [1.807, 2.05) is 6.92 Å². The van der Waals surface area contributed by atoms with Crippen molar-refractivity contribution in [3.05, 3.63) is 23.8 Å². The largest absolute Gasteiger partial charge is 1.00 e. The Kier molecular flexibility index (Phi) is 6.90. The van der Waals surface area contributed by atoms with Crippen LogP contribution in [0.1, 0.15) is 24.8 Å². The van der Waals surface area contributed by atoms with Gasteiger partial charge in [-0.25, -0.2) is 8.42 Å². The Hall–Kier alpha value is -1.19. The van der Waals surface area contributed by atoms with Crippen LogP contribution in [0.3, 0.4) is 0 Å². The third kappa shape index (κ3) is 4.77. The summed E-state index contributed by atoms with van der Waals surface area (Å²) < 4.78 is 28.3. The van der Waals surface area contributed by atoms with E-state index < -0.39 is 10.0 Å². The lowest BCUT2D eigenvalue weighted by atomic mass is 10.1. The van der Waals surface area contributed by atoms with E-state index in [2.05, 4.69) is 10.2 Å². The van der Waals surface area contributed by atoms with E-state index in [0.29, 0.717) is 25.3 Å². The fourth-order valence-corrected chi connectivity index (χ4v) is 6.16. The summed E-state index contributed by atoms with van der Waals surface area (Å²) in [6.07, 6.45) is 2.90. The Morgan fingerprint density at radius 2 is 1.66 bits per heavy atom. The predicted molar refractivity (Wildman–Crippen MR) is 109 cm³/mol. The van der Waals surface area contributed by atoms with Gasteiger partial charge in [0.05, 0.1) is 24.5 Å². The van der Waals surface area contributed by atoms with Crippen LogP contribution in [-0.4, -0.2) is 86.9 Å². The van der Waals surface area contributed by atoms with Crippen LogP contribution >= 0.6 is 0 Å². The Morgan fingerprint density at radius 1 is 1.03 bits per heavy atom. The quantitative estimate of drug-likeness (QED) is 0.549. The number of piperidine rings is 1. The summed E-state index contributed by atoms with van der Waals surface area (Å²) in [5.41, 5.74) is 1.49. The van der Waals surface area contributed by atoms with Gasteiger partial charge in [0.2, 0.25) is 10.0 Å². The molecule has 1 aromatic rings. The second-order valence-corrected chi connectivity index (χ2v) is 10.4. The highest BCUT2D eigenvalue weighted by Crippen LogP contribution is 2.26. The molecule has 2 bridgehead atoms. The number of rotatable bonds is 5. The molecule has 0 spiro atoms. The third-order valence-electron chi connectivity index (χ3n) is 6.59. The highest BCUT2D eigenvalue weighted by molar-refractivity contribution is 7.89. The zero-order valence-electron chi connectivity index (χ0n) is 17.1. The molecule has 4 aliphatic heterocycles.